The largest absolute Gasteiger partial charge is 0.461 e. The van der Waals surface area contributed by atoms with Gasteiger partial charge in [0.2, 0.25) is 0 Å². The molecule has 0 saturated carbocycles. The van der Waals surface area contributed by atoms with Crippen molar-refractivity contribution in [3.63, 3.8) is 0 Å². The molecule has 0 aromatic carbocycles. The highest BCUT2D eigenvalue weighted by Gasteiger charge is 2.31. The van der Waals surface area contributed by atoms with Crippen LogP contribution in [0.5, 0.6) is 0 Å². The maximum absolute atomic E-state index is 5.70. The van der Waals surface area contributed by atoms with Crippen molar-refractivity contribution in [2.45, 2.75) is 39.1 Å². The maximum Gasteiger partial charge on any atom is 0.461 e. The van der Waals surface area contributed by atoms with Crippen molar-refractivity contribution in [1.29, 1.82) is 0 Å². The Hall–Kier alpha value is -0.275. The zero-order valence-corrected chi connectivity index (χ0v) is 8.17. The van der Waals surface area contributed by atoms with E-state index in [0.29, 0.717) is 0 Å². The Morgan fingerprint density at radius 3 is 2.83 bits per heavy atom. The average Bonchev–Trinajstić information content (AvgIpc) is 1.99. The summed E-state index contributed by atoms with van der Waals surface area (Å²) in [4.78, 5) is 0. The highest BCUT2D eigenvalue weighted by atomic mass is 16.6. The van der Waals surface area contributed by atoms with Crippen molar-refractivity contribution in [3.8, 4) is 0 Å². The van der Waals surface area contributed by atoms with Gasteiger partial charge in [-0.3, -0.25) is 0 Å². The summed E-state index contributed by atoms with van der Waals surface area (Å²) in [6, 6.07) is 0. The second-order valence-electron chi connectivity index (χ2n) is 3.73. The van der Waals surface area contributed by atoms with Gasteiger partial charge in [-0.25, -0.2) is 0 Å². The smallest absolute Gasteiger partial charge is 0.411 e. The van der Waals surface area contributed by atoms with Gasteiger partial charge in [0.1, 0.15) is 0 Å². The number of allylic oxidation sites excluding steroid dienone is 2. The normalized spacial score (nSPS) is 23.4. The fraction of sp³-hybridized carbons (Fsp3) is 0.778. The minimum atomic E-state index is -0.0371. The van der Waals surface area contributed by atoms with Crippen molar-refractivity contribution < 1.29 is 9.31 Å². The van der Waals surface area contributed by atoms with Gasteiger partial charge in [-0.1, -0.05) is 12.2 Å². The highest BCUT2D eigenvalue weighted by Crippen LogP contribution is 2.22. The van der Waals surface area contributed by atoms with Crippen LogP contribution in [0.2, 0.25) is 6.32 Å². The van der Waals surface area contributed by atoms with E-state index in [1.54, 1.807) is 0 Å². The molecule has 0 amide bonds. The van der Waals surface area contributed by atoms with Crippen molar-refractivity contribution in [1.82, 2.24) is 0 Å². The second kappa shape index (κ2) is 4.10. The van der Waals surface area contributed by atoms with Gasteiger partial charge >= 0.3 is 7.12 Å². The summed E-state index contributed by atoms with van der Waals surface area (Å²) in [7, 11) is -0.0371. The molecule has 0 N–H and O–H groups in total. The predicted octanol–water partition coefficient (Wildman–Crippen LogP) is 2.27. The summed E-state index contributed by atoms with van der Waals surface area (Å²) in [5.74, 6) is 0. The molecule has 0 bridgehead atoms. The molecular formula is C9H17BO2. The second-order valence-corrected chi connectivity index (χ2v) is 3.73. The molecule has 1 aliphatic heterocycles. The summed E-state index contributed by atoms with van der Waals surface area (Å²) in [6.07, 6.45) is 5.94. The quantitative estimate of drug-likeness (QED) is 0.465. The molecule has 0 atom stereocenters. The predicted molar refractivity (Wildman–Crippen MR) is 51.1 cm³/mol. The summed E-state index contributed by atoms with van der Waals surface area (Å²) >= 11 is 0. The van der Waals surface area contributed by atoms with Gasteiger partial charge in [-0.15, -0.1) is 0 Å². The van der Waals surface area contributed by atoms with E-state index in [2.05, 4.69) is 19.9 Å². The molecule has 0 radical (unpaired) electrons. The molecule has 0 aliphatic carbocycles. The third-order valence-corrected chi connectivity index (χ3v) is 2.02. The topological polar surface area (TPSA) is 18.5 Å². The molecule has 1 rings (SSSR count). The molecule has 2 nitrogen and oxygen atoms in total. The van der Waals surface area contributed by atoms with Crippen LogP contribution in [0.25, 0.3) is 0 Å². The third kappa shape index (κ3) is 2.99. The fourth-order valence-electron chi connectivity index (χ4n) is 1.25. The lowest BCUT2D eigenvalue weighted by molar-refractivity contribution is 0.00591. The summed E-state index contributed by atoms with van der Waals surface area (Å²) in [5, 5.41) is 0. The molecule has 0 aromatic rings. The standard InChI is InChI=1S/C9H17BO2/c1-4-5-7-10-11-8-6-9(2,3)12-10/h4-5H,6-8H2,1-3H3/b5-4-. The van der Waals surface area contributed by atoms with E-state index in [1.165, 1.54) is 0 Å². The third-order valence-electron chi connectivity index (χ3n) is 2.02. The molecule has 1 fully saturated rings. The molecule has 0 aromatic heterocycles. The van der Waals surface area contributed by atoms with E-state index in [9.17, 15) is 0 Å². The van der Waals surface area contributed by atoms with Crippen LogP contribution in [-0.2, 0) is 9.31 Å². The van der Waals surface area contributed by atoms with E-state index < -0.39 is 0 Å². The van der Waals surface area contributed by atoms with Crippen LogP contribution in [0.1, 0.15) is 27.2 Å². The van der Waals surface area contributed by atoms with Gasteiger partial charge < -0.3 is 9.31 Å². The van der Waals surface area contributed by atoms with Crippen LogP contribution >= 0.6 is 0 Å². The van der Waals surface area contributed by atoms with E-state index in [4.69, 9.17) is 9.31 Å². The minimum absolute atomic E-state index is 0.00943. The number of rotatable bonds is 2. The van der Waals surface area contributed by atoms with E-state index in [1.807, 2.05) is 13.0 Å². The van der Waals surface area contributed by atoms with Crippen LogP contribution in [0.3, 0.4) is 0 Å². The Kier molecular flexibility index (Phi) is 3.35. The van der Waals surface area contributed by atoms with Crippen LogP contribution in [-0.4, -0.2) is 19.3 Å². The van der Waals surface area contributed by atoms with Crippen molar-refractivity contribution in [3.05, 3.63) is 12.2 Å². The SMILES string of the molecule is C/C=C\CB1OCCC(C)(C)O1. The molecule has 1 heterocycles. The first-order valence-electron chi connectivity index (χ1n) is 4.54. The highest BCUT2D eigenvalue weighted by molar-refractivity contribution is 6.45. The number of hydrogen-bond donors (Lipinski definition) is 0. The van der Waals surface area contributed by atoms with Gasteiger partial charge in [0, 0.05) is 12.9 Å². The summed E-state index contributed by atoms with van der Waals surface area (Å²) < 4.78 is 11.1. The molecule has 68 valence electrons. The van der Waals surface area contributed by atoms with E-state index >= 15 is 0 Å². The summed E-state index contributed by atoms with van der Waals surface area (Å²) in [5.41, 5.74) is -0.00943. The Labute approximate surface area is 75.1 Å². The lowest BCUT2D eigenvalue weighted by Gasteiger charge is -2.34. The zero-order chi connectivity index (χ0) is 9.03. The van der Waals surface area contributed by atoms with Gasteiger partial charge in [-0.2, -0.15) is 0 Å². The first kappa shape index (κ1) is 9.81. The van der Waals surface area contributed by atoms with Crippen LogP contribution in [0.15, 0.2) is 12.2 Å². The monoisotopic (exact) mass is 168 g/mol. The first-order chi connectivity index (χ1) is 5.64. The maximum atomic E-state index is 5.70. The zero-order valence-electron chi connectivity index (χ0n) is 8.17. The van der Waals surface area contributed by atoms with Gasteiger partial charge in [-0.05, 0) is 27.2 Å². The first-order valence-corrected chi connectivity index (χ1v) is 4.54. The van der Waals surface area contributed by atoms with Crippen LogP contribution in [0.4, 0.5) is 0 Å². The van der Waals surface area contributed by atoms with Gasteiger partial charge in [0.05, 0.1) is 5.60 Å². The van der Waals surface area contributed by atoms with Gasteiger partial charge in [0.15, 0.2) is 0 Å². The minimum Gasteiger partial charge on any atom is -0.411 e. The molecular weight excluding hydrogens is 151 g/mol. The molecule has 0 spiro atoms. The van der Waals surface area contributed by atoms with Gasteiger partial charge in [0.25, 0.3) is 0 Å². The molecule has 1 aliphatic rings. The molecule has 1 saturated heterocycles. The number of hydrogen-bond acceptors (Lipinski definition) is 2. The van der Waals surface area contributed by atoms with Crippen molar-refractivity contribution in [2.75, 3.05) is 6.61 Å². The lowest BCUT2D eigenvalue weighted by Crippen LogP contribution is -2.41. The molecule has 3 heteroatoms. The van der Waals surface area contributed by atoms with E-state index in [0.717, 1.165) is 19.3 Å². The molecule has 0 unspecified atom stereocenters. The van der Waals surface area contributed by atoms with Crippen molar-refractivity contribution >= 4 is 7.12 Å². The van der Waals surface area contributed by atoms with Crippen molar-refractivity contribution in [2.24, 2.45) is 0 Å². The lowest BCUT2D eigenvalue weighted by atomic mass is 9.80. The molecule has 12 heavy (non-hydrogen) atoms. The average molecular weight is 168 g/mol. The van der Waals surface area contributed by atoms with E-state index in [-0.39, 0.29) is 12.7 Å². The van der Waals surface area contributed by atoms with Crippen LogP contribution < -0.4 is 0 Å². The Bertz CT molecular complexity index is 166. The van der Waals surface area contributed by atoms with Crippen LogP contribution in [0, 0.1) is 0 Å². The Balaban J connectivity index is 2.36. The fourth-order valence-corrected chi connectivity index (χ4v) is 1.25. The summed E-state index contributed by atoms with van der Waals surface area (Å²) in [6.45, 7) is 7.04. The Morgan fingerprint density at radius 1 is 1.50 bits per heavy atom. The Morgan fingerprint density at radius 2 is 2.25 bits per heavy atom.